The Morgan fingerprint density at radius 3 is 2.42 bits per heavy atom. The average molecular weight is 261 g/mol. The fourth-order valence-electron chi connectivity index (χ4n) is 1.78. The van der Waals surface area contributed by atoms with Gasteiger partial charge in [-0.2, -0.15) is 0 Å². The Morgan fingerprint density at radius 2 is 1.84 bits per heavy atom. The van der Waals surface area contributed by atoms with Crippen LogP contribution in [0.4, 0.5) is 0 Å². The third-order valence-electron chi connectivity index (χ3n) is 2.96. The number of rotatable bonds is 8. The minimum Gasteiger partial charge on any atom is -0.493 e. The van der Waals surface area contributed by atoms with Crippen molar-refractivity contribution in [2.45, 2.75) is 40.2 Å². The smallest absolute Gasteiger partial charge is 0.119 e. The predicted molar refractivity (Wildman–Crippen MR) is 82.6 cm³/mol. The largest absolute Gasteiger partial charge is 0.493 e. The predicted octanol–water partition coefficient (Wildman–Crippen LogP) is 4.34. The van der Waals surface area contributed by atoms with Gasteiger partial charge in [-0.05, 0) is 50.4 Å². The molecule has 0 aromatic heterocycles. The molecule has 0 spiro atoms. The molecule has 2 nitrogen and oxygen atoms in total. The molecule has 0 fully saturated rings. The topological polar surface area (TPSA) is 21.3 Å². The van der Waals surface area contributed by atoms with Crippen molar-refractivity contribution >= 4 is 0 Å². The summed E-state index contributed by atoms with van der Waals surface area (Å²) in [4.78, 5) is 0. The van der Waals surface area contributed by atoms with Gasteiger partial charge >= 0.3 is 0 Å². The van der Waals surface area contributed by atoms with Gasteiger partial charge in [-0.25, -0.2) is 0 Å². The molecule has 0 saturated carbocycles. The lowest BCUT2D eigenvalue weighted by atomic mass is 10.1. The normalized spacial score (nSPS) is 13.1. The Bertz CT molecular complexity index is 367. The highest BCUT2D eigenvalue weighted by atomic mass is 16.5. The SMILES string of the molecule is C/C=C/CCNC(C)c1ccc(OCC(C)C)cc1. The van der Waals surface area contributed by atoms with Crippen LogP contribution in [-0.2, 0) is 0 Å². The number of benzene rings is 1. The summed E-state index contributed by atoms with van der Waals surface area (Å²) < 4.78 is 5.69. The monoisotopic (exact) mass is 261 g/mol. The Labute approximate surface area is 117 Å². The van der Waals surface area contributed by atoms with E-state index in [0.717, 1.165) is 25.3 Å². The Kier molecular flexibility index (Phi) is 7.27. The molecule has 0 aliphatic heterocycles. The summed E-state index contributed by atoms with van der Waals surface area (Å²) in [5.74, 6) is 1.52. The second kappa shape index (κ2) is 8.76. The Hall–Kier alpha value is -1.28. The number of hydrogen-bond donors (Lipinski definition) is 1. The van der Waals surface area contributed by atoms with Crippen LogP contribution in [0.5, 0.6) is 5.75 Å². The van der Waals surface area contributed by atoms with Crippen molar-refractivity contribution in [1.82, 2.24) is 5.32 Å². The van der Waals surface area contributed by atoms with E-state index in [1.54, 1.807) is 0 Å². The first-order valence-corrected chi connectivity index (χ1v) is 7.20. The second-order valence-electron chi connectivity index (χ2n) is 5.31. The molecular weight excluding hydrogens is 234 g/mol. The van der Waals surface area contributed by atoms with Crippen molar-refractivity contribution < 1.29 is 4.74 Å². The van der Waals surface area contributed by atoms with E-state index in [1.165, 1.54) is 5.56 Å². The van der Waals surface area contributed by atoms with Crippen LogP contribution >= 0.6 is 0 Å². The van der Waals surface area contributed by atoms with Crippen molar-refractivity contribution in [2.75, 3.05) is 13.2 Å². The van der Waals surface area contributed by atoms with Gasteiger partial charge in [0.1, 0.15) is 5.75 Å². The molecule has 106 valence electrons. The first kappa shape index (κ1) is 15.8. The highest BCUT2D eigenvalue weighted by Gasteiger charge is 2.04. The van der Waals surface area contributed by atoms with Gasteiger partial charge in [-0.15, -0.1) is 0 Å². The fourth-order valence-corrected chi connectivity index (χ4v) is 1.78. The summed E-state index contributed by atoms with van der Waals surface area (Å²) >= 11 is 0. The number of nitrogens with one attached hydrogen (secondary N) is 1. The van der Waals surface area contributed by atoms with Crippen molar-refractivity contribution in [2.24, 2.45) is 5.92 Å². The van der Waals surface area contributed by atoms with Crippen molar-refractivity contribution in [3.05, 3.63) is 42.0 Å². The van der Waals surface area contributed by atoms with Gasteiger partial charge in [-0.1, -0.05) is 38.1 Å². The molecule has 0 bridgehead atoms. The molecule has 2 heteroatoms. The lowest BCUT2D eigenvalue weighted by molar-refractivity contribution is 0.271. The van der Waals surface area contributed by atoms with Gasteiger partial charge in [0.25, 0.3) is 0 Å². The van der Waals surface area contributed by atoms with Crippen LogP contribution in [0.15, 0.2) is 36.4 Å². The summed E-state index contributed by atoms with van der Waals surface area (Å²) in [6.07, 6.45) is 5.35. The molecule has 1 atom stereocenters. The molecule has 1 N–H and O–H groups in total. The summed E-state index contributed by atoms with van der Waals surface area (Å²) in [6.45, 7) is 10.3. The number of hydrogen-bond acceptors (Lipinski definition) is 2. The van der Waals surface area contributed by atoms with E-state index in [9.17, 15) is 0 Å². The zero-order valence-corrected chi connectivity index (χ0v) is 12.6. The fraction of sp³-hybridized carbons (Fsp3) is 0.529. The summed E-state index contributed by atoms with van der Waals surface area (Å²) in [7, 11) is 0. The quantitative estimate of drug-likeness (QED) is 0.555. The third kappa shape index (κ3) is 6.44. The van der Waals surface area contributed by atoms with Crippen LogP contribution in [0.3, 0.4) is 0 Å². The zero-order valence-electron chi connectivity index (χ0n) is 12.6. The van der Waals surface area contributed by atoms with E-state index in [4.69, 9.17) is 4.74 Å². The molecule has 0 saturated heterocycles. The van der Waals surface area contributed by atoms with E-state index >= 15 is 0 Å². The van der Waals surface area contributed by atoms with E-state index in [-0.39, 0.29) is 0 Å². The van der Waals surface area contributed by atoms with Crippen molar-refractivity contribution in [3.8, 4) is 5.75 Å². The summed E-state index contributed by atoms with van der Waals surface area (Å²) in [6, 6.07) is 8.78. The minimum absolute atomic E-state index is 0.379. The van der Waals surface area contributed by atoms with Gasteiger partial charge in [-0.3, -0.25) is 0 Å². The van der Waals surface area contributed by atoms with Crippen LogP contribution < -0.4 is 10.1 Å². The van der Waals surface area contributed by atoms with Gasteiger partial charge < -0.3 is 10.1 Å². The first-order chi connectivity index (χ1) is 9.13. The third-order valence-corrected chi connectivity index (χ3v) is 2.96. The molecule has 1 aromatic carbocycles. The standard InChI is InChI=1S/C17H27NO/c1-5-6-7-12-18-15(4)16-8-10-17(11-9-16)19-13-14(2)3/h5-6,8-11,14-15,18H,7,12-13H2,1-4H3/b6-5+. The van der Waals surface area contributed by atoms with E-state index in [1.807, 2.05) is 0 Å². The van der Waals surface area contributed by atoms with Gasteiger partial charge in [0.05, 0.1) is 6.61 Å². The van der Waals surface area contributed by atoms with E-state index in [2.05, 4.69) is 69.4 Å². The first-order valence-electron chi connectivity index (χ1n) is 7.20. The summed E-state index contributed by atoms with van der Waals surface area (Å²) in [5, 5.41) is 3.51. The van der Waals surface area contributed by atoms with Gasteiger partial charge in [0.2, 0.25) is 0 Å². The van der Waals surface area contributed by atoms with Crippen LogP contribution in [0.25, 0.3) is 0 Å². The average Bonchev–Trinajstić information content (AvgIpc) is 2.41. The maximum atomic E-state index is 5.69. The highest BCUT2D eigenvalue weighted by Crippen LogP contribution is 2.18. The van der Waals surface area contributed by atoms with Crippen LogP contribution in [0, 0.1) is 5.92 Å². The molecule has 19 heavy (non-hydrogen) atoms. The molecule has 0 heterocycles. The van der Waals surface area contributed by atoms with Crippen LogP contribution in [0.1, 0.15) is 45.7 Å². The highest BCUT2D eigenvalue weighted by molar-refractivity contribution is 5.28. The van der Waals surface area contributed by atoms with Gasteiger partial charge in [0, 0.05) is 6.04 Å². The lowest BCUT2D eigenvalue weighted by Crippen LogP contribution is -2.19. The Balaban J connectivity index is 2.41. The molecule has 1 aromatic rings. The van der Waals surface area contributed by atoms with Crippen molar-refractivity contribution in [3.63, 3.8) is 0 Å². The lowest BCUT2D eigenvalue weighted by Gasteiger charge is -2.15. The maximum absolute atomic E-state index is 5.69. The molecule has 1 rings (SSSR count). The van der Waals surface area contributed by atoms with E-state index in [0.29, 0.717) is 12.0 Å². The number of ether oxygens (including phenoxy) is 1. The molecule has 0 radical (unpaired) electrons. The summed E-state index contributed by atoms with van der Waals surface area (Å²) in [5.41, 5.74) is 1.30. The maximum Gasteiger partial charge on any atom is 0.119 e. The Morgan fingerprint density at radius 1 is 1.16 bits per heavy atom. The minimum atomic E-state index is 0.379. The number of allylic oxidation sites excluding steroid dienone is 1. The second-order valence-corrected chi connectivity index (χ2v) is 5.31. The molecule has 0 aliphatic rings. The van der Waals surface area contributed by atoms with E-state index < -0.39 is 0 Å². The van der Waals surface area contributed by atoms with Gasteiger partial charge in [0.15, 0.2) is 0 Å². The van der Waals surface area contributed by atoms with Crippen LogP contribution in [0.2, 0.25) is 0 Å². The molecule has 0 aliphatic carbocycles. The van der Waals surface area contributed by atoms with Crippen LogP contribution in [-0.4, -0.2) is 13.2 Å². The molecular formula is C17H27NO. The zero-order chi connectivity index (χ0) is 14.1. The van der Waals surface area contributed by atoms with Crippen molar-refractivity contribution in [1.29, 1.82) is 0 Å². The molecule has 0 amide bonds. The molecule has 1 unspecified atom stereocenters.